The Bertz CT molecular complexity index is 458. The molecule has 1 aliphatic heterocycles. The number of esters is 1. The molecule has 2 rings (SSSR count). The lowest BCUT2D eigenvalue weighted by atomic mass is 10.1. The van der Waals surface area contributed by atoms with Gasteiger partial charge >= 0.3 is 5.97 Å². The van der Waals surface area contributed by atoms with Crippen LogP contribution in [0.15, 0.2) is 24.3 Å². The molecule has 1 amide bonds. The largest absolute Gasteiger partial charge is 0.460 e. The van der Waals surface area contributed by atoms with E-state index in [1.807, 2.05) is 18.4 Å². The molecular formula is C14H17NO3S. The van der Waals surface area contributed by atoms with Crippen molar-refractivity contribution in [2.75, 3.05) is 12.9 Å². The van der Waals surface area contributed by atoms with Gasteiger partial charge in [0.15, 0.2) is 0 Å². The molecule has 0 spiro atoms. The Morgan fingerprint density at radius 1 is 1.42 bits per heavy atom. The van der Waals surface area contributed by atoms with E-state index < -0.39 is 0 Å². The van der Waals surface area contributed by atoms with Gasteiger partial charge in [-0.2, -0.15) is 11.8 Å². The van der Waals surface area contributed by atoms with E-state index in [9.17, 15) is 9.59 Å². The second-order valence-corrected chi connectivity index (χ2v) is 5.40. The quantitative estimate of drug-likeness (QED) is 0.837. The summed E-state index contributed by atoms with van der Waals surface area (Å²) in [6.45, 7) is 0.247. The summed E-state index contributed by atoms with van der Waals surface area (Å²) in [5.41, 5.74) is 1.74. The van der Waals surface area contributed by atoms with Gasteiger partial charge in [-0.15, -0.1) is 0 Å². The molecule has 1 aromatic carbocycles. The number of hydrogen-bond donors (Lipinski definition) is 1. The van der Waals surface area contributed by atoms with Gasteiger partial charge < -0.3 is 10.1 Å². The number of rotatable bonds is 5. The van der Waals surface area contributed by atoms with Gasteiger partial charge in [-0.1, -0.05) is 12.1 Å². The van der Waals surface area contributed by atoms with Crippen LogP contribution in [-0.2, 0) is 15.3 Å². The molecule has 0 aliphatic carbocycles. The highest BCUT2D eigenvalue weighted by Gasteiger charge is 2.22. The van der Waals surface area contributed by atoms with E-state index in [4.69, 9.17) is 4.74 Å². The highest BCUT2D eigenvalue weighted by atomic mass is 32.2. The first-order valence-corrected chi connectivity index (χ1v) is 7.63. The monoisotopic (exact) mass is 279 g/mol. The Hall–Kier alpha value is -1.49. The fraction of sp³-hybridized carbons (Fsp3) is 0.429. The molecular weight excluding hydrogens is 262 g/mol. The van der Waals surface area contributed by atoms with Crippen molar-refractivity contribution in [2.45, 2.75) is 24.6 Å². The van der Waals surface area contributed by atoms with Crippen LogP contribution in [0.25, 0.3) is 0 Å². The standard InChI is InChI=1S/C14H17NO3S/c1-19-9-10-2-4-11(5-3-10)14(17)18-8-12-6-7-13(16)15-12/h2-5,12H,6-9H2,1H3,(H,15,16)/t12-/m0/s1. The van der Waals surface area contributed by atoms with Crippen LogP contribution in [0.1, 0.15) is 28.8 Å². The van der Waals surface area contributed by atoms with E-state index in [0.717, 1.165) is 12.2 Å². The third-order valence-electron chi connectivity index (χ3n) is 3.00. The lowest BCUT2D eigenvalue weighted by Crippen LogP contribution is -2.30. The molecule has 5 heteroatoms. The first-order valence-electron chi connectivity index (χ1n) is 6.23. The maximum atomic E-state index is 11.8. The minimum atomic E-state index is -0.336. The van der Waals surface area contributed by atoms with Gasteiger partial charge in [-0.05, 0) is 30.4 Å². The number of carbonyl (C=O) groups is 2. The minimum Gasteiger partial charge on any atom is -0.460 e. The predicted octanol–water partition coefficient (Wildman–Crippen LogP) is 1.98. The van der Waals surface area contributed by atoms with Crippen LogP contribution in [0.4, 0.5) is 0 Å². The maximum absolute atomic E-state index is 11.8. The highest BCUT2D eigenvalue weighted by molar-refractivity contribution is 7.97. The second-order valence-electron chi connectivity index (χ2n) is 4.53. The summed E-state index contributed by atoms with van der Waals surface area (Å²) >= 11 is 1.74. The summed E-state index contributed by atoms with van der Waals surface area (Å²) in [4.78, 5) is 22.8. The predicted molar refractivity (Wildman–Crippen MR) is 75.1 cm³/mol. The Balaban J connectivity index is 1.83. The van der Waals surface area contributed by atoms with E-state index in [-0.39, 0.29) is 24.5 Å². The fourth-order valence-corrected chi connectivity index (χ4v) is 2.49. The van der Waals surface area contributed by atoms with Crippen molar-refractivity contribution in [3.63, 3.8) is 0 Å². The van der Waals surface area contributed by atoms with Crippen LogP contribution < -0.4 is 5.32 Å². The second kappa shape index (κ2) is 6.61. The van der Waals surface area contributed by atoms with Gasteiger partial charge in [0.2, 0.25) is 5.91 Å². The van der Waals surface area contributed by atoms with E-state index in [2.05, 4.69) is 5.32 Å². The van der Waals surface area contributed by atoms with Gasteiger partial charge in [0, 0.05) is 12.2 Å². The lowest BCUT2D eigenvalue weighted by Gasteiger charge is -2.10. The van der Waals surface area contributed by atoms with Gasteiger partial charge in [0.05, 0.1) is 11.6 Å². The summed E-state index contributed by atoms with van der Waals surface area (Å²) < 4.78 is 5.20. The fourth-order valence-electron chi connectivity index (χ4n) is 1.97. The summed E-state index contributed by atoms with van der Waals surface area (Å²) in [6.07, 6.45) is 3.29. The molecule has 1 aromatic rings. The van der Waals surface area contributed by atoms with Crippen LogP contribution in [0.5, 0.6) is 0 Å². The van der Waals surface area contributed by atoms with Crippen molar-refractivity contribution >= 4 is 23.6 Å². The van der Waals surface area contributed by atoms with Gasteiger partial charge in [0.25, 0.3) is 0 Å². The number of thioether (sulfide) groups is 1. The molecule has 0 aromatic heterocycles. The van der Waals surface area contributed by atoms with Crippen LogP contribution >= 0.6 is 11.8 Å². The first kappa shape index (κ1) is 13.9. The van der Waals surface area contributed by atoms with E-state index in [1.54, 1.807) is 23.9 Å². The smallest absolute Gasteiger partial charge is 0.338 e. The average Bonchev–Trinajstić information content (AvgIpc) is 2.83. The first-order chi connectivity index (χ1) is 9.19. The van der Waals surface area contributed by atoms with Crippen LogP contribution in [0.2, 0.25) is 0 Å². The Morgan fingerprint density at radius 2 is 2.16 bits per heavy atom. The molecule has 0 radical (unpaired) electrons. The van der Waals surface area contributed by atoms with E-state index in [0.29, 0.717) is 12.0 Å². The Labute approximate surface area is 116 Å². The lowest BCUT2D eigenvalue weighted by molar-refractivity contribution is -0.119. The molecule has 102 valence electrons. The van der Waals surface area contributed by atoms with Gasteiger partial charge in [0.1, 0.15) is 6.61 Å². The number of ether oxygens (including phenoxy) is 1. The average molecular weight is 279 g/mol. The molecule has 1 N–H and O–H groups in total. The zero-order valence-corrected chi connectivity index (χ0v) is 11.7. The topological polar surface area (TPSA) is 55.4 Å². The molecule has 0 saturated carbocycles. The summed E-state index contributed by atoms with van der Waals surface area (Å²) in [7, 11) is 0. The summed E-state index contributed by atoms with van der Waals surface area (Å²) in [5, 5.41) is 2.77. The number of amides is 1. The number of nitrogens with one attached hydrogen (secondary N) is 1. The number of carbonyl (C=O) groups excluding carboxylic acids is 2. The van der Waals surface area contributed by atoms with E-state index >= 15 is 0 Å². The van der Waals surface area contributed by atoms with Crippen LogP contribution in [0.3, 0.4) is 0 Å². The van der Waals surface area contributed by atoms with Crippen molar-refractivity contribution in [1.82, 2.24) is 5.32 Å². The van der Waals surface area contributed by atoms with Gasteiger partial charge in [-0.3, -0.25) is 4.79 Å². The van der Waals surface area contributed by atoms with Crippen LogP contribution in [0, 0.1) is 0 Å². The SMILES string of the molecule is CSCc1ccc(C(=O)OC[C@@H]2CCC(=O)N2)cc1. The zero-order valence-electron chi connectivity index (χ0n) is 10.8. The van der Waals surface area contributed by atoms with Gasteiger partial charge in [-0.25, -0.2) is 4.79 Å². The minimum absolute atomic E-state index is 0.0301. The van der Waals surface area contributed by atoms with Crippen molar-refractivity contribution in [2.24, 2.45) is 0 Å². The molecule has 0 unspecified atom stereocenters. The molecule has 1 fully saturated rings. The van der Waals surface area contributed by atoms with Crippen molar-refractivity contribution < 1.29 is 14.3 Å². The normalized spacial score (nSPS) is 18.2. The van der Waals surface area contributed by atoms with Crippen molar-refractivity contribution in [3.05, 3.63) is 35.4 Å². The molecule has 4 nitrogen and oxygen atoms in total. The molecule has 1 aliphatic rings. The number of hydrogen-bond acceptors (Lipinski definition) is 4. The summed E-state index contributed by atoms with van der Waals surface area (Å²) in [6, 6.07) is 7.39. The molecule has 0 bridgehead atoms. The zero-order chi connectivity index (χ0) is 13.7. The Kier molecular flexibility index (Phi) is 4.85. The Morgan fingerprint density at radius 3 is 2.74 bits per heavy atom. The van der Waals surface area contributed by atoms with Crippen molar-refractivity contribution in [1.29, 1.82) is 0 Å². The number of benzene rings is 1. The molecule has 1 saturated heterocycles. The maximum Gasteiger partial charge on any atom is 0.338 e. The molecule has 1 atom stereocenters. The molecule has 19 heavy (non-hydrogen) atoms. The van der Waals surface area contributed by atoms with E-state index in [1.165, 1.54) is 5.56 Å². The molecule has 1 heterocycles. The third-order valence-corrected chi connectivity index (χ3v) is 3.62. The van der Waals surface area contributed by atoms with Crippen LogP contribution in [-0.4, -0.2) is 30.8 Å². The van der Waals surface area contributed by atoms with Crippen molar-refractivity contribution in [3.8, 4) is 0 Å². The highest BCUT2D eigenvalue weighted by Crippen LogP contribution is 2.12. The third kappa shape index (κ3) is 3.99. The summed E-state index contributed by atoms with van der Waals surface area (Å²) in [5.74, 6) is 0.628.